The Morgan fingerprint density at radius 1 is 1.00 bits per heavy atom. The number of thiazole rings is 1. The summed E-state index contributed by atoms with van der Waals surface area (Å²) >= 11 is 1.70. The molecule has 1 heterocycles. The van der Waals surface area contributed by atoms with E-state index in [1.54, 1.807) is 11.3 Å². The number of hydrogen-bond acceptors (Lipinski definition) is 3. The Kier molecular flexibility index (Phi) is 3.52. The molecule has 3 rings (SSSR count). The maximum Gasteiger partial charge on any atom is 0.103 e. The van der Waals surface area contributed by atoms with Gasteiger partial charge in [0.2, 0.25) is 0 Å². The first-order valence-corrected chi connectivity index (χ1v) is 7.83. The van der Waals surface area contributed by atoms with Gasteiger partial charge in [-0.2, -0.15) is 0 Å². The molecule has 0 saturated carbocycles. The molecule has 106 valence electrons. The average molecular weight is 294 g/mol. The monoisotopic (exact) mass is 294 g/mol. The van der Waals surface area contributed by atoms with Gasteiger partial charge in [-0.1, -0.05) is 42.5 Å². The van der Waals surface area contributed by atoms with Crippen LogP contribution in [0.5, 0.6) is 0 Å². The topological polar surface area (TPSA) is 38.9 Å². The Balaban J connectivity index is 1.98. The highest BCUT2D eigenvalue weighted by Crippen LogP contribution is 2.35. The zero-order valence-electron chi connectivity index (χ0n) is 12.2. The maximum absolute atomic E-state index is 5.86. The van der Waals surface area contributed by atoms with Crippen molar-refractivity contribution in [3.8, 4) is 11.3 Å². The minimum absolute atomic E-state index is 0.0928. The third-order valence-electron chi connectivity index (χ3n) is 3.72. The van der Waals surface area contributed by atoms with Crippen molar-refractivity contribution in [1.82, 2.24) is 4.98 Å². The fourth-order valence-electron chi connectivity index (χ4n) is 2.37. The van der Waals surface area contributed by atoms with Gasteiger partial charge >= 0.3 is 0 Å². The first kappa shape index (κ1) is 13.8. The van der Waals surface area contributed by atoms with E-state index in [0.717, 1.165) is 22.0 Å². The van der Waals surface area contributed by atoms with E-state index in [0.29, 0.717) is 0 Å². The minimum atomic E-state index is -0.0928. The van der Waals surface area contributed by atoms with E-state index < -0.39 is 0 Å². The van der Waals surface area contributed by atoms with Crippen LogP contribution in [0.15, 0.2) is 60.0 Å². The Morgan fingerprint density at radius 3 is 2.48 bits per heavy atom. The predicted molar refractivity (Wildman–Crippen MR) is 90.5 cm³/mol. The van der Waals surface area contributed by atoms with Crippen LogP contribution in [0.3, 0.4) is 0 Å². The molecule has 0 unspecified atom stereocenters. The Bertz CT molecular complexity index is 745. The molecular formula is C18H18N2S. The van der Waals surface area contributed by atoms with Gasteiger partial charge in [-0.15, -0.1) is 11.3 Å². The summed E-state index contributed by atoms with van der Waals surface area (Å²) in [6.07, 6.45) is 0. The highest BCUT2D eigenvalue weighted by Gasteiger charge is 2.26. The molecular weight excluding hydrogens is 276 g/mol. The fourth-order valence-corrected chi connectivity index (χ4v) is 3.35. The van der Waals surface area contributed by atoms with Crippen molar-refractivity contribution in [3.05, 3.63) is 70.5 Å². The van der Waals surface area contributed by atoms with Crippen LogP contribution in [0.2, 0.25) is 0 Å². The van der Waals surface area contributed by atoms with Gasteiger partial charge in [-0.25, -0.2) is 4.98 Å². The van der Waals surface area contributed by atoms with Crippen LogP contribution in [0.4, 0.5) is 5.69 Å². The van der Waals surface area contributed by atoms with Gasteiger partial charge in [-0.3, -0.25) is 0 Å². The van der Waals surface area contributed by atoms with Crippen molar-refractivity contribution >= 4 is 17.0 Å². The molecule has 2 aromatic carbocycles. The molecule has 2 nitrogen and oxygen atoms in total. The van der Waals surface area contributed by atoms with E-state index in [-0.39, 0.29) is 5.41 Å². The predicted octanol–water partition coefficient (Wildman–Crippen LogP) is 4.72. The molecule has 0 spiro atoms. The van der Waals surface area contributed by atoms with Crippen LogP contribution >= 0.6 is 11.3 Å². The normalized spacial score (nSPS) is 11.5. The van der Waals surface area contributed by atoms with Crippen molar-refractivity contribution in [2.75, 3.05) is 5.73 Å². The van der Waals surface area contributed by atoms with Gasteiger partial charge in [-0.05, 0) is 31.5 Å². The number of hydrogen-bond donors (Lipinski definition) is 1. The van der Waals surface area contributed by atoms with E-state index in [1.807, 2.05) is 30.3 Å². The first-order chi connectivity index (χ1) is 10.1. The summed E-state index contributed by atoms with van der Waals surface area (Å²) < 4.78 is 0. The SMILES string of the molecule is CC(C)(c1ccccc1)c1nc(-c2cccc(N)c2)cs1. The lowest BCUT2D eigenvalue weighted by molar-refractivity contribution is 0.635. The number of nitrogens with zero attached hydrogens (tertiary/aromatic N) is 1. The molecule has 0 bridgehead atoms. The van der Waals surface area contributed by atoms with Gasteiger partial charge in [0.25, 0.3) is 0 Å². The largest absolute Gasteiger partial charge is 0.399 e. The van der Waals surface area contributed by atoms with Crippen molar-refractivity contribution < 1.29 is 0 Å². The average Bonchev–Trinajstić information content (AvgIpc) is 2.99. The zero-order valence-corrected chi connectivity index (χ0v) is 13.0. The van der Waals surface area contributed by atoms with Crippen LogP contribution in [-0.4, -0.2) is 4.98 Å². The van der Waals surface area contributed by atoms with Gasteiger partial charge in [0.1, 0.15) is 5.01 Å². The minimum Gasteiger partial charge on any atom is -0.399 e. The van der Waals surface area contributed by atoms with Crippen molar-refractivity contribution in [2.24, 2.45) is 0 Å². The lowest BCUT2D eigenvalue weighted by Crippen LogP contribution is -2.18. The van der Waals surface area contributed by atoms with Crippen LogP contribution in [-0.2, 0) is 5.41 Å². The summed E-state index contributed by atoms with van der Waals surface area (Å²) in [6.45, 7) is 4.43. The summed E-state index contributed by atoms with van der Waals surface area (Å²) in [5.74, 6) is 0. The third kappa shape index (κ3) is 2.69. The van der Waals surface area contributed by atoms with Crippen molar-refractivity contribution in [1.29, 1.82) is 0 Å². The number of nitrogens with two attached hydrogens (primary N) is 1. The second kappa shape index (κ2) is 5.34. The number of nitrogen functional groups attached to an aromatic ring is 1. The molecule has 0 amide bonds. The van der Waals surface area contributed by atoms with E-state index in [4.69, 9.17) is 10.7 Å². The molecule has 0 atom stereocenters. The smallest absolute Gasteiger partial charge is 0.103 e. The second-order valence-corrected chi connectivity index (χ2v) is 6.51. The van der Waals surface area contributed by atoms with Crippen molar-refractivity contribution in [3.63, 3.8) is 0 Å². The lowest BCUT2D eigenvalue weighted by atomic mass is 9.85. The summed E-state index contributed by atoms with van der Waals surface area (Å²) in [5.41, 5.74) is 9.87. The fraction of sp³-hybridized carbons (Fsp3) is 0.167. The van der Waals surface area contributed by atoms with Crippen LogP contribution in [0.25, 0.3) is 11.3 Å². The van der Waals surface area contributed by atoms with Crippen LogP contribution < -0.4 is 5.73 Å². The molecule has 0 aliphatic carbocycles. The Morgan fingerprint density at radius 2 is 1.76 bits per heavy atom. The molecule has 21 heavy (non-hydrogen) atoms. The molecule has 3 heteroatoms. The zero-order chi connectivity index (χ0) is 14.9. The highest BCUT2D eigenvalue weighted by molar-refractivity contribution is 7.10. The standard InChI is InChI=1S/C18H18N2S/c1-18(2,14-8-4-3-5-9-14)17-20-16(12-21-17)13-7-6-10-15(19)11-13/h3-12H,19H2,1-2H3. The Hall–Kier alpha value is -2.13. The second-order valence-electron chi connectivity index (χ2n) is 5.65. The number of benzene rings is 2. The first-order valence-electron chi connectivity index (χ1n) is 6.95. The van der Waals surface area contributed by atoms with E-state index >= 15 is 0 Å². The van der Waals surface area contributed by atoms with Crippen molar-refractivity contribution in [2.45, 2.75) is 19.3 Å². The summed E-state index contributed by atoms with van der Waals surface area (Å²) in [7, 11) is 0. The molecule has 2 N–H and O–H groups in total. The van der Waals surface area contributed by atoms with Crippen LogP contribution in [0, 0.1) is 0 Å². The summed E-state index contributed by atoms with van der Waals surface area (Å²) in [6, 6.07) is 18.4. The van der Waals surface area contributed by atoms with E-state index in [1.165, 1.54) is 5.56 Å². The van der Waals surface area contributed by atoms with Gasteiger partial charge in [0, 0.05) is 22.0 Å². The quantitative estimate of drug-likeness (QED) is 0.710. The molecule has 0 aliphatic rings. The maximum atomic E-state index is 5.86. The molecule has 0 fully saturated rings. The van der Waals surface area contributed by atoms with Gasteiger partial charge in [0.15, 0.2) is 0 Å². The number of aromatic nitrogens is 1. The number of anilines is 1. The molecule has 0 saturated heterocycles. The molecule has 0 radical (unpaired) electrons. The summed E-state index contributed by atoms with van der Waals surface area (Å²) in [5, 5.41) is 3.22. The molecule has 3 aromatic rings. The van der Waals surface area contributed by atoms with Gasteiger partial charge < -0.3 is 5.73 Å². The van der Waals surface area contributed by atoms with Gasteiger partial charge in [0.05, 0.1) is 5.69 Å². The van der Waals surface area contributed by atoms with E-state index in [2.05, 4.69) is 43.5 Å². The lowest BCUT2D eigenvalue weighted by Gasteiger charge is -2.22. The summed E-state index contributed by atoms with van der Waals surface area (Å²) in [4.78, 5) is 4.83. The van der Waals surface area contributed by atoms with E-state index in [9.17, 15) is 0 Å². The third-order valence-corrected chi connectivity index (χ3v) is 4.88. The molecule has 1 aromatic heterocycles. The number of rotatable bonds is 3. The highest BCUT2D eigenvalue weighted by atomic mass is 32.1. The Labute approximate surface area is 129 Å². The van der Waals surface area contributed by atoms with Crippen LogP contribution in [0.1, 0.15) is 24.4 Å². The molecule has 0 aliphatic heterocycles.